The first-order valence-electron chi connectivity index (χ1n) is 8.49. The van der Waals surface area contributed by atoms with Crippen LogP contribution >= 0.6 is 0 Å². The molecule has 1 saturated heterocycles. The van der Waals surface area contributed by atoms with Crippen LogP contribution in [0.4, 0.5) is 0 Å². The number of ether oxygens (including phenoxy) is 1. The molecule has 0 aromatic heterocycles. The molecule has 0 bridgehead atoms. The third-order valence-corrected chi connectivity index (χ3v) is 4.24. The van der Waals surface area contributed by atoms with Gasteiger partial charge in [-0.05, 0) is 63.5 Å². The Morgan fingerprint density at radius 2 is 1.86 bits per heavy atom. The topological polar surface area (TPSA) is 24.5 Å². The van der Waals surface area contributed by atoms with Crippen molar-refractivity contribution in [2.75, 3.05) is 26.2 Å². The van der Waals surface area contributed by atoms with Gasteiger partial charge in [-0.25, -0.2) is 0 Å². The summed E-state index contributed by atoms with van der Waals surface area (Å²) in [5.74, 6) is 0.963. The third kappa shape index (κ3) is 5.68. The highest BCUT2D eigenvalue weighted by atomic mass is 16.5. The van der Waals surface area contributed by atoms with Crippen molar-refractivity contribution in [2.24, 2.45) is 0 Å². The second-order valence-corrected chi connectivity index (χ2v) is 5.93. The minimum absolute atomic E-state index is 0.675. The molecule has 1 aromatic carbocycles. The van der Waals surface area contributed by atoms with Crippen LogP contribution in [-0.2, 0) is 6.54 Å². The van der Waals surface area contributed by atoms with Gasteiger partial charge in [-0.1, -0.05) is 25.5 Å². The Labute approximate surface area is 129 Å². The molecule has 1 aromatic rings. The quantitative estimate of drug-likeness (QED) is 0.794. The molecule has 1 aliphatic heterocycles. The van der Waals surface area contributed by atoms with Gasteiger partial charge in [0.1, 0.15) is 5.75 Å². The van der Waals surface area contributed by atoms with Gasteiger partial charge in [-0.15, -0.1) is 0 Å². The highest BCUT2D eigenvalue weighted by molar-refractivity contribution is 5.27. The molecule has 0 spiro atoms. The number of nitrogens with one attached hydrogen (secondary N) is 1. The van der Waals surface area contributed by atoms with Gasteiger partial charge in [0.2, 0.25) is 0 Å². The maximum atomic E-state index is 5.47. The molecule has 0 saturated carbocycles. The van der Waals surface area contributed by atoms with Crippen molar-refractivity contribution in [3.8, 4) is 5.75 Å². The monoisotopic (exact) mass is 290 g/mol. The molecule has 1 N–H and O–H groups in total. The Morgan fingerprint density at radius 3 is 2.48 bits per heavy atom. The van der Waals surface area contributed by atoms with E-state index in [-0.39, 0.29) is 0 Å². The fourth-order valence-corrected chi connectivity index (χ4v) is 2.87. The zero-order valence-electron chi connectivity index (χ0n) is 13.6. The van der Waals surface area contributed by atoms with Crippen LogP contribution in [0.2, 0.25) is 0 Å². The summed E-state index contributed by atoms with van der Waals surface area (Å²) in [6.45, 7) is 9.76. The van der Waals surface area contributed by atoms with Crippen LogP contribution in [-0.4, -0.2) is 37.2 Å². The van der Waals surface area contributed by atoms with Crippen molar-refractivity contribution in [1.29, 1.82) is 0 Å². The Kier molecular flexibility index (Phi) is 7.04. The maximum Gasteiger partial charge on any atom is 0.119 e. The minimum atomic E-state index is 0.675. The molecular formula is C18H30N2O. The molecule has 1 heterocycles. The number of benzene rings is 1. The Balaban J connectivity index is 1.67. The highest BCUT2D eigenvalue weighted by Crippen LogP contribution is 2.14. The van der Waals surface area contributed by atoms with Crippen molar-refractivity contribution in [3.63, 3.8) is 0 Å². The first kappa shape index (κ1) is 16.3. The molecule has 3 heteroatoms. The molecule has 0 radical (unpaired) electrons. The van der Waals surface area contributed by atoms with Gasteiger partial charge in [0.25, 0.3) is 0 Å². The second-order valence-electron chi connectivity index (χ2n) is 5.93. The number of nitrogens with zero attached hydrogens (tertiary/aromatic N) is 1. The van der Waals surface area contributed by atoms with E-state index in [1.807, 2.05) is 6.92 Å². The van der Waals surface area contributed by atoms with Crippen LogP contribution in [0.1, 0.15) is 45.1 Å². The number of piperidine rings is 1. The number of hydrogen-bond acceptors (Lipinski definition) is 3. The summed E-state index contributed by atoms with van der Waals surface area (Å²) in [6, 6.07) is 9.12. The van der Waals surface area contributed by atoms with Gasteiger partial charge in [0, 0.05) is 12.6 Å². The molecule has 0 amide bonds. The molecule has 3 nitrogen and oxygen atoms in total. The lowest BCUT2D eigenvalue weighted by molar-refractivity contribution is 0.195. The van der Waals surface area contributed by atoms with Gasteiger partial charge in [0.15, 0.2) is 0 Å². The number of unbranched alkanes of at least 4 members (excludes halogenated alkanes) is 1. The number of hydrogen-bond donors (Lipinski definition) is 1. The average Bonchev–Trinajstić information content (AvgIpc) is 2.53. The van der Waals surface area contributed by atoms with E-state index < -0.39 is 0 Å². The zero-order valence-corrected chi connectivity index (χ0v) is 13.6. The van der Waals surface area contributed by atoms with E-state index in [2.05, 4.69) is 41.4 Å². The smallest absolute Gasteiger partial charge is 0.119 e. The van der Waals surface area contributed by atoms with Crippen molar-refractivity contribution >= 4 is 0 Å². The molecule has 1 fully saturated rings. The molecule has 21 heavy (non-hydrogen) atoms. The van der Waals surface area contributed by atoms with E-state index in [1.54, 1.807) is 0 Å². The third-order valence-electron chi connectivity index (χ3n) is 4.24. The van der Waals surface area contributed by atoms with E-state index in [0.29, 0.717) is 6.04 Å². The summed E-state index contributed by atoms with van der Waals surface area (Å²) in [4.78, 5) is 2.61. The van der Waals surface area contributed by atoms with Crippen LogP contribution < -0.4 is 10.1 Å². The van der Waals surface area contributed by atoms with Crippen LogP contribution in [0.25, 0.3) is 0 Å². The van der Waals surface area contributed by atoms with Crippen LogP contribution in [0, 0.1) is 0 Å². The van der Waals surface area contributed by atoms with E-state index in [0.717, 1.165) is 18.9 Å². The maximum absolute atomic E-state index is 5.47. The lowest BCUT2D eigenvalue weighted by Gasteiger charge is -2.32. The van der Waals surface area contributed by atoms with Crippen molar-refractivity contribution in [2.45, 2.75) is 52.1 Å². The van der Waals surface area contributed by atoms with E-state index in [4.69, 9.17) is 4.74 Å². The van der Waals surface area contributed by atoms with E-state index >= 15 is 0 Å². The van der Waals surface area contributed by atoms with Gasteiger partial charge < -0.3 is 15.0 Å². The van der Waals surface area contributed by atoms with Crippen molar-refractivity contribution < 1.29 is 4.74 Å². The predicted octanol–water partition coefficient (Wildman–Crippen LogP) is 3.44. The number of likely N-dealkylation sites (tertiary alicyclic amines) is 1. The molecule has 118 valence electrons. The lowest BCUT2D eigenvalue weighted by Crippen LogP contribution is -2.42. The first-order valence-corrected chi connectivity index (χ1v) is 8.49. The summed E-state index contributed by atoms with van der Waals surface area (Å²) in [5, 5.41) is 3.70. The lowest BCUT2D eigenvalue weighted by atomic mass is 10.0. The summed E-state index contributed by atoms with van der Waals surface area (Å²) in [7, 11) is 0. The molecule has 0 atom stereocenters. The minimum Gasteiger partial charge on any atom is -0.494 e. The first-order chi connectivity index (χ1) is 10.3. The van der Waals surface area contributed by atoms with Gasteiger partial charge in [-0.2, -0.15) is 0 Å². The fourth-order valence-electron chi connectivity index (χ4n) is 2.87. The molecule has 0 aliphatic carbocycles. The highest BCUT2D eigenvalue weighted by Gasteiger charge is 2.17. The summed E-state index contributed by atoms with van der Waals surface area (Å²) in [5.41, 5.74) is 1.34. The molecule has 1 aliphatic rings. The van der Waals surface area contributed by atoms with Gasteiger partial charge in [-0.3, -0.25) is 0 Å². The van der Waals surface area contributed by atoms with Gasteiger partial charge in [0.05, 0.1) is 6.61 Å². The summed E-state index contributed by atoms with van der Waals surface area (Å²) in [6.07, 6.45) is 5.20. The van der Waals surface area contributed by atoms with E-state index in [9.17, 15) is 0 Å². The number of rotatable bonds is 8. The Hall–Kier alpha value is -1.06. The predicted molar refractivity (Wildman–Crippen MR) is 88.8 cm³/mol. The van der Waals surface area contributed by atoms with Crippen molar-refractivity contribution in [1.82, 2.24) is 10.2 Å². The molecular weight excluding hydrogens is 260 g/mol. The van der Waals surface area contributed by atoms with Crippen molar-refractivity contribution in [3.05, 3.63) is 29.8 Å². The average molecular weight is 290 g/mol. The summed E-state index contributed by atoms with van der Waals surface area (Å²) < 4.78 is 5.47. The van der Waals surface area contributed by atoms with Crippen LogP contribution in [0.15, 0.2) is 24.3 Å². The van der Waals surface area contributed by atoms with Gasteiger partial charge >= 0.3 is 0 Å². The fraction of sp³-hybridized carbons (Fsp3) is 0.667. The Morgan fingerprint density at radius 1 is 1.14 bits per heavy atom. The van der Waals surface area contributed by atoms with E-state index in [1.165, 1.54) is 50.9 Å². The second kappa shape index (κ2) is 9.06. The normalized spacial score (nSPS) is 17.0. The molecule has 2 rings (SSSR count). The van der Waals surface area contributed by atoms with Crippen LogP contribution in [0.5, 0.6) is 5.75 Å². The van der Waals surface area contributed by atoms with Crippen LogP contribution in [0.3, 0.4) is 0 Å². The SMILES string of the molecule is CCCCN1CCC(NCc2ccc(OCC)cc2)CC1. The summed E-state index contributed by atoms with van der Waals surface area (Å²) >= 11 is 0. The molecule has 0 unspecified atom stereocenters. The standard InChI is InChI=1S/C18H30N2O/c1-3-5-12-20-13-10-17(11-14-20)19-15-16-6-8-18(9-7-16)21-4-2/h6-9,17,19H,3-5,10-15H2,1-2H3. The largest absolute Gasteiger partial charge is 0.494 e. The zero-order chi connectivity index (χ0) is 14.9. The Bertz CT molecular complexity index is 383.